The SMILES string of the molecule is CC(C)(C)CC(CN)CN1CCN2CCCCC2C1. The summed E-state index contributed by atoms with van der Waals surface area (Å²) in [5, 5.41) is 0. The lowest BCUT2D eigenvalue weighted by atomic mass is 9.84. The Morgan fingerprint density at radius 1 is 1.16 bits per heavy atom. The highest BCUT2D eigenvalue weighted by atomic mass is 15.3. The molecule has 0 saturated carbocycles. The van der Waals surface area contributed by atoms with E-state index in [9.17, 15) is 0 Å². The van der Waals surface area contributed by atoms with Gasteiger partial charge in [-0.1, -0.05) is 27.2 Å². The van der Waals surface area contributed by atoms with Crippen molar-refractivity contribution >= 4 is 0 Å². The van der Waals surface area contributed by atoms with Crippen molar-refractivity contribution < 1.29 is 0 Å². The van der Waals surface area contributed by atoms with E-state index in [1.165, 1.54) is 58.4 Å². The van der Waals surface area contributed by atoms with Crippen LogP contribution < -0.4 is 5.73 Å². The minimum Gasteiger partial charge on any atom is -0.330 e. The molecule has 0 aliphatic carbocycles. The average Bonchev–Trinajstić information content (AvgIpc) is 2.36. The van der Waals surface area contributed by atoms with Crippen molar-refractivity contribution in [2.45, 2.75) is 52.5 Å². The lowest BCUT2D eigenvalue weighted by Crippen LogP contribution is -2.55. The molecule has 3 heteroatoms. The second kappa shape index (κ2) is 6.55. The van der Waals surface area contributed by atoms with Crippen LogP contribution in [0.5, 0.6) is 0 Å². The molecule has 0 bridgehead atoms. The Morgan fingerprint density at radius 2 is 1.95 bits per heavy atom. The van der Waals surface area contributed by atoms with E-state index in [0.29, 0.717) is 11.3 Å². The summed E-state index contributed by atoms with van der Waals surface area (Å²) in [7, 11) is 0. The predicted molar refractivity (Wildman–Crippen MR) is 82.3 cm³/mol. The van der Waals surface area contributed by atoms with Crippen LogP contribution in [-0.4, -0.2) is 55.1 Å². The second-order valence-electron chi connectivity index (χ2n) is 7.81. The minimum atomic E-state index is 0.400. The maximum absolute atomic E-state index is 5.99. The van der Waals surface area contributed by atoms with Gasteiger partial charge in [0.1, 0.15) is 0 Å². The van der Waals surface area contributed by atoms with E-state index < -0.39 is 0 Å². The first-order chi connectivity index (χ1) is 8.98. The van der Waals surface area contributed by atoms with E-state index >= 15 is 0 Å². The number of hydrogen-bond donors (Lipinski definition) is 1. The Kier molecular flexibility index (Phi) is 5.27. The summed E-state index contributed by atoms with van der Waals surface area (Å²) in [6.45, 7) is 14.2. The number of hydrogen-bond acceptors (Lipinski definition) is 3. The van der Waals surface area contributed by atoms with Gasteiger partial charge in [-0.05, 0) is 43.7 Å². The van der Waals surface area contributed by atoms with Gasteiger partial charge in [-0.2, -0.15) is 0 Å². The van der Waals surface area contributed by atoms with Crippen LogP contribution in [0.3, 0.4) is 0 Å². The molecule has 19 heavy (non-hydrogen) atoms. The van der Waals surface area contributed by atoms with Gasteiger partial charge in [-0.25, -0.2) is 0 Å². The zero-order chi connectivity index (χ0) is 13.9. The molecule has 2 unspecified atom stereocenters. The van der Waals surface area contributed by atoms with Crippen LogP contribution in [-0.2, 0) is 0 Å². The van der Waals surface area contributed by atoms with Crippen LogP contribution in [0.15, 0.2) is 0 Å². The van der Waals surface area contributed by atoms with Crippen LogP contribution in [0.1, 0.15) is 46.5 Å². The number of nitrogens with zero attached hydrogens (tertiary/aromatic N) is 2. The summed E-state index contributed by atoms with van der Waals surface area (Å²) in [4.78, 5) is 5.39. The number of rotatable bonds is 4. The van der Waals surface area contributed by atoms with Gasteiger partial charge >= 0.3 is 0 Å². The molecule has 0 radical (unpaired) electrons. The molecule has 112 valence electrons. The maximum atomic E-state index is 5.99. The molecular weight excluding hydrogens is 234 g/mol. The predicted octanol–water partition coefficient (Wildman–Crippen LogP) is 2.17. The van der Waals surface area contributed by atoms with Crippen molar-refractivity contribution in [3.63, 3.8) is 0 Å². The zero-order valence-corrected chi connectivity index (χ0v) is 13.2. The molecule has 2 N–H and O–H groups in total. The minimum absolute atomic E-state index is 0.400. The number of piperidine rings is 1. The summed E-state index contributed by atoms with van der Waals surface area (Å²) in [5.41, 5.74) is 6.39. The van der Waals surface area contributed by atoms with Crippen molar-refractivity contribution in [2.75, 3.05) is 39.3 Å². The molecule has 0 aromatic carbocycles. The number of piperazine rings is 1. The summed E-state index contributed by atoms with van der Waals surface area (Å²) in [6, 6.07) is 0.829. The largest absolute Gasteiger partial charge is 0.330 e. The normalized spacial score (nSPS) is 28.1. The van der Waals surface area contributed by atoms with Crippen molar-refractivity contribution in [1.82, 2.24) is 9.80 Å². The third-order valence-corrected chi connectivity index (χ3v) is 4.67. The Hall–Kier alpha value is -0.120. The molecule has 2 aliphatic heterocycles. The Balaban J connectivity index is 1.81. The van der Waals surface area contributed by atoms with Crippen LogP contribution in [0.25, 0.3) is 0 Å². The standard InChI is InChI=1S/C16H33N3/c1-16(2,3)10-14(11-17)12-18-8-9-19-7-5-4-6-15(19)13-18/h14-15H,4-13,17H2,1-3H3. The van der Waals surface area contributed by atoms with E-state index in [0.717, 1.165) is 12.6 Å². The summed E-state index contributed by atoms with van der Waals surface area (Å²) < 4.78 is 0. The molecule has 2 atom stereocenters. The van der Waals surface area contributed by atoms with Crippen molar-refractivity contribution in [3.8, 4) is 0 Å². The van der Waals surface area contributed by atoms with Gasteiger partial charge in [0.2, 0.25) is 0 Å². The van der Waals surface area contributed by atoms with Crippen molar-refractivity contribution in [3.05, 3.63) is 0 Å². The smallest absolute Gasteiger partial charge is 0.0223 e. The molecule has 0 aromatic rings. The van der Waals surface area contributed by atoms with Crippen molar-refractivity contribution in [1.29, 1.82) is 0 Å². The fraction of sp³-hybridized carbons (Fsp3) is 1.00. The molecule has 0 amide bonds. The van der Waals surface area contributed by atoms with Crippen LogP contribution in [0.4, 0.5) is 0 Å². The third kappa shape index (κ3) is 4.73. The van der Waals surface area contributed by atoms with Crippen LogP contribution in [0.2, 0.25) is 0 Å². The van der Waals surface area contributed by atoms with Gasteiger partial charge in [0, 0.05) is 32.2 Å². The van der Waals surface area contributed by atoms with Crippen LogP contribution in [0, 0.1) is 11.3 Å². The van der Waals surface area contributed by atoms with Gasteiger partial charge in [0.05, 0.1) is 0 Å². The van der Waals surface area contributed by atoms with E-state index in [1.807, 2.05) is 0 Å². The first-order valence-electron chi connectivity index (χ1n) is 8.14. The van der Waals surface area contributed by atoms with Gasteiger partial charge in [-0.3, -0.25) is 4.90 Å². The van der Waals surface area contributed by atoms with E-state index in [-0.39, 0.29) is 0 Å². The fourth-order valence-electron chi connectivity index (χ4n) is 3.84. The summed E-state index contributed by atoms with van der Waals surface area (Å²) in [5.74, 6) is 0.662. The van der Waals surface area contributed by atoms with Crippen molar-refractivity contribution in [2.24, 2.45) is 17.1 Å². The molecule has 2 aliphatic rings. The average molecular weight is 267 g/mol. The molecule has 0 aromatic heterocycles. The first kappa shape index (κ1) is 15.3. The third-order valence-electron chi connectivity index (χ3n) is 4.67. The quantitative estimate of drug-likeness (QED) is 0.847. The Bertz CT molecular complexity index is 272. The zero-order valence-electron chi connectivity index (χ0n) is 13.2. The molecule has 2 rings (SSSR count). The second-order valence-corrected chi connectivity index (χ2v) is 7.81. The highest BCUT2D eigenvalue weighted by Crippen LogP contribution is 2.26. The Morgan fingerprint density at radius 3 is 2.63 bits per heavy atom. The highest BCUT2D eigenvalue weighted by Gasteiger charge is 2.30. The molecule has 2 saturated heterocycles. The Labute approximate surface area is 119 Å². The summed E-state index contributed by atoms with van der Waals surface area (Å²) >= 11 is 0. The fourth-order valence-corrected chi connectivity index (χ4v) is 3.84. The first-order valence-corrected chi connectivity index (χ1v) is 8.14. The van der Waals surface area contributed by atoms with Gasteiger partial charge in [0.25, 0.3) is 0 Å². The van der Waals surface area contributed by atoms with Gasteiger partial charge < -0.3 is 10.6 Å². The van der Waals surface area contributed by atoms with Gasteiger partial charge in [-0.15, -0.1) is 0 Å². The number of nitrogens with two attached hydrogens (primary N) is 1. The summed E-state index contributed by atoms with van der Waals surface area (Å²) in [6.07, 6.45) is 5.49. The molecule has 2 heterocycles. The lowest BCUT2D eigenvalue weighted by Gasteiger charge is -2.45. The van der Waals surface area contributed by atoms with Gasteiger partial charge in [0.15, 0.2) is 0 Å². The topological polar surface area (TPSA) is 32.5 Å². The molecule has 0 spiro atoms. The lowest BCUT2D eigenvalue weighted by molar-refractivity contribution is 0.0390. The molecule has 2 fully saturated rings. The molecule has 3 nitrogen and oxygen atoms in total. The monoisotopic (exact) mass is 267 g/mol. The van der Waals surface area contributed by atoms with E-state index in [4.69, 9.17) is 5.73 Å². The number of fused-ring (bicyclic) bond motifs is 1. The molecular formula is C16H33N3. The highest BCUT2D eigenvalue weighted by molar-refractivity contribution is 4.86. The maximum Gasteiger partial charge on any atom is 0.0223 e. The van der Waals surface area contributed by atoms with Crippen LogP contribution >= 0.6 is 0 Å². The van der Waals surface area contributed by atoms with E-state index in [2.05, 4.69) is 30.6 Å². The van der Waals surface area contributed by atoms with E-state index in [1.54, 1.807) is 0 Å².